The summed E-state index contributed by atoms with van der Waals surface area (Å²) in [4.78, 5) is 4.50. The van der Waals surface area contributed by atoms with Crippen LogP contribution in [0.4, 0.5) is 0 Å². The molecule has 1 atom stereocenters. The van der Waals surface area contributed by atoms with Gasteiger partial charge >= 0.3 is 0 Å². The number of thiazole rings is 1. The maximum atomic E-state index is 5.79. The molecule has 0 fully saturated rings. The Morgan fingerprint density at radius 3 is 2.94 bits per heavy atom. The molecule has 1 aliphatic rings. The first-order chi connectivity index (χ1) is 8.24. The van der Waals surface area contributed by atoms with Crippen molar-refractivity contribution in [2.75, 3.05) is 6.79 Å². The largest absolute Gasteiger partial charge is 0.454 e. The molecule has 0 amide bonds. The number of nitrogens with two attached hydrogens (primary N) is 1. The summed E-state index contributed by atoms with van der Waals surface area (Å²) in [6, 6.07) is 5.81. The summed E-state index contributed by atoms with van der Waals surface area (Å²) in [6.45, 7) is 2.22. The van der Waals surface area contributed by atoms with Crippen LogP contribution in [0.5, 0.6) is 11.5 Å². The number of rotatable bonds is 2. The van der Waals surface area contributed by atoms with Crippen LogP contribution >= 0.6 is 11.3 Å². The van der Waals surface area contributed by atoms with Crippen LogP contribution < -0.4 is 15.2 Å². The molecule has 4 nitrogen and oxygen atoms in total. The van der Waals surface area contributed by atoms with Gasteiger partial charge in [0.25, 0.3) is 0 Å². The van der Waals surface area contributed by atoms with Crippen molar-refractivity contribution in [3.05, 3.63) is 29.3 Å². The highest BCUT2D eigenvalue weighted by Crippen LogP contribution is 2.36. The van der Waals surface area contributed by atoms with Crippen molar-refractivity contribution in [2.45, 2.75) is 13.0 Å². The number of aromatic nitrogens is 1. The summed E-state index contributed by atoms with van der Waals surface area (Å²) in [5.41, 5.74) is 7.75. The Morgan fingerprint density at radius 1 is 1.35 bits per heavy atom. The van der Waals surface area contributed by atoms with Crippen LogP contribution in [-0.2, 0) is 0 Å². The maximum absolute atomic E-state index is 5.79. The Morgan fingerprint density at radius 2 is 2.18 bits per heavy atom. The first-order valence-corrected chi connectivity index (χ1v) is 6.23. The van der Waals surface area contributed by atoms with Crippen LogP contribution in [0.2, 0.25) is 0 Å². The highest BCUT2D eigenvalue weighted by atomic mass is 32.1. The first kappa shape index (κ1) is 10.6. The van der Waals surface area contributed by atoms with Gasteiger partial charge in [0.1, 0.15) is 5.01 Å². The second-order valence-electron chi connectivity index (χ2n) is 3.93. The van der Waals surface area contributed by atoms with Crippen molar-refractivity contribution in [3.8, 4) is 22.1 Å². The minimum atomic E-state index is -0.0333. The van der Waals surface area contributed by atoms with Gasteiger partial charge in [-0.1, -0.05) is 0 Å². The van der Waals surface area contributed by atoms with Gasteiger partial charge < -0.3 is 15.2 Å². The quantitative estimate of drug-likeness (QED) is 0.887. The van der Waals surface area contributed by atoms with Crippen molar-refractivity contribution in [2.24, 2.45) is 5.73 Å². The number of benzene rings is 1. The fourth-order valence-electron chi connectivity index (χ4n) is 1.66. The SMILES string of the molecule is CC(N)c1csc(-c2ccc3c(c2)OCO3)n1. The second-order valence-corrected chi connectivity index (χ2v) is 4.79. The van der Waals surface area contributed by atoms with Crippen LogP contribution in [0.15, 0.2) is 23.6 Å². The second kappa shape index (κ2) is 4.01. The lowest BCUT2D eigenvalue weighted by Gasteiger charge is -2.00. The number of hydrogen-bond acceptors (Lipinski definition) is 5. The normalized spacial score (nSPS) is 14.9. The number of ether oxygens (including phenoxy) is 2. The van der Waals surface area contributed by atoms with Crippen LogP contribution in [0, 0.1) is 0 Å². The summed E-state index contributed by atoms with van der Waals surface area (Å²) >= 11 is 1.59. The van der Waals surface area contributed by atoms with Gasteiger partial charge in [-0.25, -0.2) is 4.98 Å². The molecule has 2 heterocycles. The first-order valence-electron chi connectivity index (χ1n) is 5.35. The molecular formula is C12H12N2O2S. The van der Waals surface area contributed by atoms with Gasteiger partial charge in [0.2, 0.25) is 6.79 Å². The average Bonchev–Trinajstić information content (AvgIpc) is 2.97. The molecule has 0 bridgehead atoms. The van der Waals surface area contributed by atoms with Crippen molar-refractivity contribution < 1.29 is 9.47 Å². The van der Waals surface area contributed by atoms with Crippen LogP contribution in [0.25, 0.3) is 10.6 Å². The van der Waals surface area contributed by atoms with E-state index in [2.05, 4.69) is 4.98 Å². The van der Waals surface area contributed by atoms with Crippen LogP contribution in [0.3, 0.4) is 0 Å². The van der Waals surface area contributed by atoms with E-state index in [9.17, 15) is 0 Å². The van der Waals surface area contributed by atoms with Gasteiger partial charge in [0.15, 0.2) is 11.5 Å². The van der Waals surface area contributed by atoms with Gasteiger partial charge in [-0.05, 0) is 25.1 Å². The Labute approximate surface area is 103 Å². The molecule has 1 aliphatic heterocycles. The number of nitrogens with zero attached hydrogens (tertiary/aromatic N) is 1. The molecule has 1 unspecified atom stereocenters. The minimum absolute atomic E-state index is 0.0333. The molecule has 2 aromatic rings. The maximum Gasteiger partial charge on any atom is 0.231 e. The lowest BCUT2D eigenvalue weighted by molar-refractivity contribution is 0.174. The van der Waals surface area contributed by atoms with E-state index in [0.717, 1.165) is 27.8 Å². The van der Waals surface area contributed by atoms with Crippen molar-refractivity contribution in [3.63, 3.8) is 0 Å². The van der Waals surface area contributed by atoms with E-state index in [1.54, 1.807) is 11.3 Å². The van der Waals surface area contributed by atoms with Gasteiger partial charge in [-0.3, -0.25) is 0 Å². The fourth-order valence-corrected chi connectivity index (χ4v) is 2.58. The van der Waals surface area contributed by atoms with E-state index in [1.807, 2.05) is 30.5 Å². The van der Waals surface area contributed by atoms with Gasteiger partial charge in [0.05, 0.1) is 5.69 Å². The summed E-state index contributed by atoms with van der Waals surface area (Å²) in [5, 5.41) is 2.94. The molecule has 1 aromatic carbocycles. The Hall–Kier alpha value is -1.59. The van der Waals surface area contributed by atoms with Gasteiger partial charge in [-0.15, -0.1) is 11.3 Å². The summed E-state index contributed by atoms with van der Waals surface area (Å²) in [7, 11) is 0. The standard InChI is InChI=1S/C12H12N2O2S/c1-7(13)9-5-17-12(14-9)8-2-3-10-11(4-8)16-6-15-10/h2-5,7H,6,13H2,1H3. The predicted molar refractivity (Wildman–Crippen MR) is 66.3 cm³/mol. The molecule has 88 valence electrons. The van der Waals surface area contributed by atoms with Crippen LogP contribution in [0.1, 0.15) is 18.7 Å². The number of fused-ring (bicyclic) bond motifs is 1. The van der Waals surface area contributed by atoms with E-state index >= 15 is 0 Å². The van der Waals surface area contributed by atoms with E-state index in [0.29, 0.717) is 6.79 Å². The van der Waals surface area contributed by atoms with E-state index in [1.165, 1.54) is 0 Å². The zero-order chi connectivity index (χ0) is 11.8. The molecule has 3 rings (SSSR count). The lowest BCUT2D eigenvalue weighted by Crippen LogP contribution is -2.04. The van der Waals surface area contributed by atoms with Gasteiger partial charge in [0, 0.05) is 17.0 Å². The molecule has 1 aromatic heterocycles. The molecule has 0 radical (unpaired) electrons. The number of hydrogen-bond donors (Lipinski definition) is 1. The molecular weight excluding hydrogens is 236 g/mol. The monoisotopic (exact) mass is 248 g/mol. The molecule has 0 saturated heterocycles. The van der Waals surface area contributed by atoms with E-state index in [-0.39, 0.29) is 6.04 Å². The molecule has 5 heteroatoms. The summed E-state index contributed by atoms with van der Waals surface area (Å²) < 4.78 is 10.6. The van der Waals surface area contributed by atoms with Gasteiger partial charge in [-0.2, -0.15) is 0 Å². The third kappa shape index (κ3) is 1.87. The van der Waals surface area contributed by atoms with E-state index in [4.69, 9.17) is 15.2 Å². The predicted octanol–water partition coefficient (Wildman–Crippen LogP) is 2.56. The van der Waals surface area contributed by atoms with Crippen molar-refractivity contribution in [1.29, 1.82) is 0 Å². The lowest BCUT2D eigenvalue weighted by atomic mass is 10.2. The summed E-state index contributed by atoms with van der Waals surface area (Å²) in [6.07, 6.45) is 0. The Bertz CT molecular complexity index is 551. The Kier molecular flexibility index (Phi) is 2.49. The minimum Gasteiger partial charge on any atom is -0.454 e. The fraction of sp³-hybridized carbons (Fsp3) is 0.250. The van der Waals surface area contributed by atoms with Crippen molar-refractivity contribution >= 4 is 11.3 Å². The van der Waals surface area contributed by atoms with E-state index < -0.39 is 0 Å². The molecule has 17 heavy (non-hydrogen) atoms. The molecule has 2 N–H and O–H groups in total. The molecule has 0 spiro atoms. The van der Waals surface area contributed by atoms with Crippen molar-refractivity contribution in [1.82, 2.24) is 4.98 Å². The smallest absolute Gasteiger partial charge is 0.231 e. The topological polar surface area (TPSA) is 57.4 Å². The third-order valence-corrected chi connectivity index (χ3v) is 3.52. The average molecular weight is 248 g/mol. The van der Waals surface area contributed by atoms with Crippen LogP contribution in [-0.4, -0.2) is 11.8 Å². The zero-order valence-corrected chi connectivity index (χ0v) is 10.2. The molecule has 0 aliphatic carbocycles. The highest BCUT2D eigenvalue weighted by molar-refractivity contribution is 7.13. The molecule has 0 saturated carbocycles. The highest BCUT2D eigenvalue weighted by Gasteiger charge is 2.15. The Balaban J connectivity index is 1.97. The third-order valence-electron chi connectivity index (χ3n) is 2.61. The zero-order valence-electron chi connectivity index (χ0n) is 9.34. The summed E-state index contributed by atoms with van der Waals surface area (Å²) in [5.74, 6) is 1.57.